The monoisotopic (exact) mass is 406 g/mol. The Kier molecular flexibility index (Phi) is 6.32. The SMILES string of the molecule is CC1CCC(NC(=O)C(C)S(=O)(=O)Cc2csc(-c3ccccc3)n2)CC1. The fourth-order valence-corrected chi connectivity index (χ4v) is 5.44. The maximum Gasteiger partial charge on any atom is 0.238 e. The van der Waals surface area contributed by atoms with E-state index in [2.05, 4.69) is 17.2 Å². The summed E-state index contributed by atoms with van der Waals surface area (Å²) in [7, 11) is -3.61. The van der Waals surface area contributed by atoms with Crippen LogP contribution in [0, 0.1) is 5.92 Å². The van der Waals surface area contributed by atoms with Crippen LogP contribution in [0.1, 0.15) is 45.2 Å². The second-order valence-electron chi connectivity index (χ2n) is 7.42. The number of sulfone groups is 1. The van der Waals surface area contributed by atoms with Gasteiger partial charge in [0.05, 0.1) is 11.4 Å². The van der Waals surface area contributed by atoms with Crippen molar-refractivity contribution in [1.29, 1.82) is 0 Å². The lowest BCUT2D eigenvalue weighted by molar-refractivity contribution is -0.121. The van der Waals surface area contributed by atoms with Crippen LogP contribution in [0.15, 0.2) is 35.7 Å². The number of nitrogens with zero attached hydrogens (tertiary/aromatic N) is 1. The summed E-state index contributed by atoms with van der Waals surface area (Å²) < 4.78 is 25.4. The zero-order chi connectivity index (χ0) is 19.4. The zero-order valence-electron chi connectivity index (χ0n) is 15.7. The Bertz CT molecular complexity index is 870. The summed E-state index contributed by atoms with van der Waals surface area (Å²) in [6.07, 6.45) is 4.00. The van der Waals surface area contributed by atoms with Gasteiger partial charge in [-0.25, -0.2) is 13.4 Å². The van der Waals surface area contributed by atoms with Gasteiger partial charge in [0.25, 0.3) is 0 Å². The topological polar surface area (TPSA) is 76.1 Å². The molecule has 1 aromatic carbocycles. The normalized spacial score (nSPS) is 21.6. The Morgan fingerprint density at radius 1 is 1.22 bits per heavy atom. The summed E-state index contributed by atoms with van der Waals surface area (Å²) in [5.74, 6) is 0.0722. The second-order valence-corrected chi connectivity index (χ2v) is 10.6. The van der Waals surface area contributed by atoms with Gasteiger partial charge in [-0.05, 0) is 38.5 Å². The summed E-state index contributed by atoms with van der Waals surface area (Å²) in [6, 6.07) is 9.75. The van der Waals surface area contributed by atoms with Crippen molar-refractivity contribution in [1.82, 2.24) is 10.3 Å². The highest BCUT2D eigenvalue weighted by atomic mass is 32.2. The summed E-state index contributed by atoms with van der Waals surface area (Å²) in [4.78, 5) is 16.9. The van der Waals surface area contributed by atoms with Crippen molar-refractivity contribution in [2.45, 2.75) is 56.6 Å². The molecule has 1 atom stereocenters. The Balaban J connectivity index is 1.62. The van der Waals surface area contributed by atoms with E-state index in [0.717, 1.165) is 36.3 Å². The van der Waals surface area contributed by atoms with E-state index in [1.165, 1.54) is 18.3 Å². The third kappa shape index (κ3) is 5.17. The van der Waals surface area contributed by atoms with Crippen LogP contribution in [0.4, 0.5) is 0 Å². The standard InChI is InChI=1S/C20H26N2O3S2/c1-14-8-10-17(11-9-14)21-19(23)15(2)27(24,25)13-18-12-26-20(22-18)16-6-4-3-5-7-16/h3-7,12,14-15,17H,8-11,13H2,1-2H3,(H,21,23). The van der Waals surface area contributed by atoms with Crippen LogP contribution in [0.25, 0.3) is 10.6 Å². The number of aromatic nitrogens is 1. The molecule has 1 heterocycles. The molecule has 1 aromatic heterocycles. The summed E-state index contributed by atoms with van der Waals surface area (Å²) in [6.45, 7) is 3.68. The highest BCUT2D eigenvalue weighted by molar-refractivity contribution is 7.92. The molecule has 0 aliphatic heterocycles. The molecular formula is C20H26N2O3S2. The summed E-state index contributed by atoms with van der Waals surface area (Å²) >= 11 is 1.42. The summed E-state index contributed by atoms with van der Waals surface area (Å²) in [5, 5.41) is 4.40. The van der Waals surface area contributed by atoms with E-state index in [4.69, 9.17) is 0 Å². The Labute approximate surface area is 165 Å². The van der Waals surface area contributed by atoms with E-state index in [1.54, 1.807) is 5.38 Å². The van der Waals surface area contributed by atoms with Gasteiger partial charge in [-0.2, -0.15) is 0 Å². The van der Waals surface area contributed by atoms with E-state index >= 15 is 0 Å². The van der Waals surface area contributed by atoms with Crippen LogP contribution in [0.2, 0.25) is 0 Å². The average molecular weight is 407 g/mol. The van der Waals surface area contributed by atoms with Crippen LogP contribution < -0.4 is 5.32 Å². The maximum atomic E-state index is 12.7. The molecule has 2 aromatic rings. The van der Waals surface area contributed by atoms with Gasteiger partial charge in [0, 0.05) is 17.0 Å². The van der Waals surface area contributed by atoms with E-state index in [0.29, 0.717) is 11.6 Å². The van der Waals surface area contributed by atoms with Crippen molar-refractivity contribution in [3.8, 4) is 10.6 Å². The predicted octanol–water partition coefficient (Wildman–Crippen LogP) is 3.81. The average Bonchev–Trinajstić information content (AvgIpc) is 3.11. The number of hydrogen-bond donors (Lipinski definition) is 1. The molecule has 7 heteroatoms. The molecule has 1 aliphatic carbocycles. The lowest BCUT2D eigenvalue weighted by Crippen LogP contribution is -2.44. The fraction of sp³-hybridized carbons (Fsp3) is 0.500. The van der Waals surface area contributed by atoms with Gasteiger partial charge in [-0.1, -0.05) is 37.3 Å². The Morgan fingerprint density at radius 3 is 2.56 bits per heavy atom. The number of carbonyl (C=O) groups is 1. The van der Waals surface area contributed by atoms with Gasteiger partial charge < -0.3 is 5.32 Å². The minimum absolute atomic E-state index is 0.0929. The first kappa shape index (κ1) is 20.0. The molecule has 5 nitrogen and oxygen atoms in total. The van der Waals surface area contributed by atoms with Gasteiger partial charge in [0.1, 0.15) is 10.3 Å². The van der Waals surface area contributed by atoms with Crippen molar-refractivity contribution in [3.63, 3.8) is 0 Å². The summed E-state index contributed by atoms with van der Waals surface area (Å²) in [5.41, 5.74) is 1.45. The quantitative estimate of drug-likeness (QED) is 0.791. The first-order chi connectivity index (χ1) is 12.8. The number of benzene rings is 1. The Hall–Kier alpha value is -1.73. The first-order valence-corrected chi connectivity index (χ1v) is 12.0. The number of amides is 1. The molecule has 1 N–H and O–H groups in total. The lowest BCUT2D eigenvalue weighted by Gasteiger charge is -2.27. The third-order valence-corrected chi connectivity index (χ3v) is 8.12. The fourth-order valence-electron chi connectivity index (χ4n) is 3.30. The molecule has 3 rings (SSSR count). The van der Waals surface area contributed by atoms with Crippen molar-refractivity contribution in [2.24, 2.45) is 5.92 Å². The van der Waals surface area contributed by atoms with E-state index in [-0.39, 0.29) is 11.8 Å². The van der Waals surface area contributed by atoms with Gasteiger partial charge in [0.2, 0.25) is 5.91 Å². The Morgan fingerprint density at radius 2 is 1.89 bits per heavy atom. The number of hydrogen-bond acceptors (Lipinski definition) is 5. The molecule has 0 spiro atoms. The molecule has 1 saturated carbocycles. The van der Waals surface area contributed by atoms with Gasteiger partial charge in [-0.3, -0.25) is 4.79 Å². The molecule has 0 radical (unpaired) electrons. The smallest absolute Gasteiger partial charge is 0.238 e. The van der Waals surface area contributed by atoms with E-state index < -0.39 is 21.0 Å². The van der Waals surface area contributed by atoms with Crippen LogP contribution in [0.3, 0.4) is 0 Å². The molecule has 146 valence electrons. The molecular weight excluding hydrogens is 380 g/mol. The molecule has 0 bridgehead atoms. The van der Waals surface area contributed by atoms with Crippen molar-refractivity contribution < 1.29 is 13.2 Å². The van der Waals surface area contributed by atoms with Crippen LogP contribution in [-0.4, -0.2) is 30.6 Å². The largest absolute Gasteiger partial charge is 0.352 e. The molecule has 1 fully saturated rings. The van der Waals surface area contributed by atoms with Gasteiger partial charge >= 0.3 is 0 Å². The number of nitrogens with one attached hydrogen (secondary N) is 1. The van der Waals surface area contributed by atoms with Gasteiger partial charge in [-0.15, -0.1) is 11.3 Å². The number of rotatable bonds is 6. The lowest BCUT2D eigenvalue weighted by atomic mass is 9.87. The minimum Gasteiger partial charge on any atom is -0.352 e. The maximum absolute atomic E-state index is 12.7. The molecule has 1 unspecified atom stereocenters. The molecule has 1 amide bonds. The van der Waals surface area contributed by atoms with Crippen molar-refractivity contribution in [3.05, 3.63) is 41.4 Å². The number of thiazole rings is 1. The predicted molar refractivity (Wildman–Crippen MR) is 109 cm³/mol. The number of carbonyl (C=O) groups excluding carboxylic acids is 1. The van der Waals surface area contributed by atoms with Crippen LogP contribution in [0.5, 0.6) is 0 Å². The van der Waals surface area contributed by atoms with Crippen molar-refractivity contribution in [2.75, 3.05) is 0 Å². The molecule has 1 aliphatic rings. The highest BCUT2D eigenvalue weighted by Crippen LogP contribution is 2.26. The highest BCUT2D eigenvalue weighted by Gasteiger charge is 2.31. The van der Waals surface area contributed by atoms with Crippen molar-refractivity contribution >= 4 is 27.1 Å². The zero-order valence-corrected chi connectivity index (χ0v) is 17.4. The van der Waals surface area contributed by atoms with E-state index in [1.807, 2.05) is 30.3 Å². The molecule has 27 heavy (non-hydrogen) atoms. The molecule has 0 saturated heterocycles. The van der Waals surface area contributed by atoms with Crippen LogP contribution >= 0.6 is 11.3 Å². The first-order valence-electron chi connectivity index (χ1n) is 9.37. The van der Waals surface area contributed by atoms with Gasteiger partial charge in [0.15, 0.2) is 9.84 Å². The third-order valence-electron chi connectivity index (χ3n) is 5.19. The second kappa shape index (κ2) is 8.52. The van der Waals surface area contributed by atoms with Crippen LogP contribution in [-0.2, 0) is 20.4 Å². The minimum atomic E-state index is -3.61. The van der Waals surface area contributed by atoms with E-state index in [9.17, 15) is 13.2 Å².